The van der Waals surface area contributed by atoms with Crippen molar-refractivity contribution in [2.45, 2.75) is 0 Å². The molecule has 0 saturated heterocycles. The van der Waals surface area contributed by atoms with Gasteiger partial charge in [0.1, 0.15) is 5.82 Å². The molecule has 0 unspecified atom stereocenters. The summed E-state index contributed by atoms with van der Waals surface area (Å²) in [5.41, 5.74) is 0.792. The van der Waals surface area contributed by atoms with Gasteiger partial charge in [0.2, 0.25) is 0 Å². The second kappa shape index (κ2) is 4.61. The molecule has 0 aliphatic rings. The van der Waals surface area contributed by atoms with Gasteiger partial charge in [-0.25, -0.2) is 9.18 Å². The first-order chi connectivity index (χ1) is 8.16. The Kier molecular flexibility index (Phi) is 3.00. The van der Waals surface area contributed by atoms with Crippen LogP contribution in [0.2, 0.25) is 0 Å². The van der Waals surface area contributed by atoms with Crippen molar-refractivity contribution >= 4 is 17.3 Å². The molecule has 0 fully saturated rings. The predicted octanol–water partition coefficient (Wildman–Crippen LogP) is 2.66. The summed E-state index contributed by atoms with van der Waals surface area (Å²) >= 11 is 0. The maximum atomic E-state index is 13.4. The maximum absolute atomic E-state index is 13.4. The van der Waals surface area contributed by atoms with Gasteiger partial charge in [-0.2, -0.15) is 0 Å². The number of hydrogen-bond donors (Lipinski definition) is 2. The van der Waals surface area contributed by atoms with Crippen molar-refractivity contribution in [2.24, 2.45) is 0 Å². The van der Waals surface area contributed by atoms with Crippen LogP contribution in [0, 0.1) is 5.82 Å². The Morgan fingerprint density at radius 1 is 1.24 bits per heavy atom. The number of hydrogen-bond acceptors (Lipinski definition) is 3. The molecule has 5 heteroatoms. The molecule has 1 aromatic carbocycles. The van der Waals surface area contributed by atoms with Crippen LogP contribution in [0.5, 0.6) is 0 Å². The van der Waals surface area contributed by atoms with E-state index in [1.165, 1.54) is 12.1 Å². The second-order valence-electron chi connectivity index (χ2n) is 3.36. The number of aromatic nitrogens is 1. The van der Waals surface area contributed by atoms with E-state index in [9.17, 15) is 9.18 Å². The molecule has 17 heavy (non-hydrogen) atoms. The Morgan fingerprint density at radius 3 is 2.59 bits per heavy atom. The van der Waals surface area contributed by atoms with Crippen molar-refractivity contribution in [3.05, 3.63) is 54.1 Å². The molecular formula is C12H9FN2O2. The Labute approximate surface area is 96.7 Å². The smallest absolute Gasteiger partial charge is 0.335 e. The number of carbonyl (C=O) groups is 1. The molecule has 0 amide bonds. The fourth-order valence-corrected chi connectivity index (χ4v) is 1.34. The lowest BCUT2D eigenvalue weighted by atomic mass is 10.2. The highest BCUT2D eigenvalue weighted by Gasteiger charge is 2.08. The summed E-state index contributed by atoms with van der Waals surface area (Å²) < 4.78 is 13.4. The van der Waals surface area contributed by atoms with Crippen LogP contribution in [0.4, 0.5) is 15.8 Å². The Morgan fingerprint density at radius 2 is 1.94 bits per heavy atom. The van der Waals surface area contributed by atoms with E-state index in [4.69, 9.17) is 5.11 Å². The van der Waals surface area contributed by atoms with Crippen LogP contribution in [0.3, 0.4) is 0 Å². The van der Waals surface area contributed by atoms with Gasteiger partial charge < -0.3 is 10.4 Å². The number of carboxylic acid groups (broad SMARTS) is 1. The molecule has 2 N–H and O–H groups in total. The number of aromatic carboxylic acids is 1. The average Bonchev–Trinajstić information content (AvgIpc) is 2.33. The van der Waals surface area contributed by atoms with Crippen LogP contribution >= 0.6 is 0 Å². The molecule has 2 rings (SSSR count). The molecule has 1 heterocycles. The summed E-state index contributed by atoms with van der Waals surface area (Å²) in [5, 5.41) is 11.6. The van der Waals surface area contributed by atoms with Gasteiger partial charge in [-0.15, -0.1) is 0 Å². The van der Waals surface area contributed by atoms with Crippen LogP contribution in [0.1, 0.15) is 10.4 Å². The number of nitrogens with one attached hydrogen (secondary N) is 1. The quantitative estimate of drug-likeness (QED) is 0.853. The topological polar surface area (TPSA) is 62.2 Å². The van der Waals surface area contributed by atoms with E-state index in [2.05, 4.69) is 10.3 Å². The lowest BCUT2D eigenvalue weighted by molar-refractivity contribution is 0.0697. The van der Waals surface area contributed by atoms with Gasteiger partial charge in [0, 0.05) is 18.1 Å². The largest absolute Gasteiger partial charge is 0.478 e. The number of halogens is 1. The number of pyridine rings is 1. The molecule has 0 saturated carbocycles. The molecule has 0 atom stereocenters. The van der Waals surface area contributed by atoms with Crippen molar-refractivity contribution in [3.8, 4) is 0 Å². The van der Waals surface area contributed by atoms with Gasteiger partial charge in [0.15, 0.2) is 0 Å². The third kappa shape index (κ3) is 2.57. The van der Waals surface area contributed by atoms with Crippen LogP contribution in [-0.4, -0.2) is 16.1 Å². The minimum Gasteiger partial charge on any atom is -0.478 e. The van der Waals surface area contributed by atoms with Gasteiger partial charge in [-0.05, 0) is 30.3 Å². The van der Waals surface area contributed by atoms with E-state index in [1.807, 2.05) is 0 Å². The SMILES string of the molecule is O=C(O)c1ccc(F)c(Nc2ccncc2)c1. The Balaban J connectivity index is 2.32. The summed E-state index contributed by atoms with van der Waals surface area (Å²) in [7, 11) is 0. The number of carboxylic acids is 1. The van der Waals surface area contributed by atoms with Crippen molar-refractivity contribution < 1.29 is 14.3 Å². The zero-order valence-electron chi connectivity index (χ0n) is 8.72. The third-order valence-electron chi connectivity index (χ3n) is 2.17. The highest BCUT2D eigenvalue weighted by molar-refractivity contribution is 5.89. The van der Waals surface area contributed by atoms with Gasteiger partial charge >= 0.3 is 5.97 Å². The van der Waals surface area contributed by atoms with Crippen molar-refractivity contribution in [1.29, 1.82) is 0 Å². The summed E-state index contributed by atoms with van der Waals surface area (Å²) in [6.45, 7) is 0. The summed E-state index contributed by atoms with van der Waals surface area (Å²) in [4.78, 5) is 14.6. The normalized spacial score (nSPS) is 9.94. The van der Waals surface area contributed by atoms with E-state index in [-0.39, 0.29) is 11.3 Å². The van der Waals surface area contributed by atoms with Gasteiger partial charge in [-0.1, -0.05) is 0 Å². The van der Waals surface area contributed by atoms with Crippen LogP contribution in [-0.2, 0) is 0 Å². The van der Waals surface area contributed by atoms with E-state index in [0.717, 1.165) is 6.07 Å². The van der Waals surface area contributed by atoms with Gasteiger partial charge in [0.05, 0.1) is 11.3 Å². The van der Waals surface area contributed by atoms with Crippen LogP contribution in [0.25, 0.3) is 0 Å². The number of rotatable bonds is 3. The predicted molar refractivity (Wildman–Crippen MR) is 60.9 cm³/mol. The number of anilines is 2. The summed E-state index contributed by atoms with van der Waals surface area (Å²) in [6.07, 6.45) is 3.11. The van der Waals surface area contributed by atoms with Crippen molar-refractivity contribution in [1.82, 2.24) is 4.98 Å². The zero-order valence-corrected chi connectivity index (χ0v) is 8.72. The molecule has 0 aliphatic heterocycles. The standard InChI is InChI=1S/C12H9FN2O2/c13-10-2-1-8(12(16)17)7-11(10)15-9-3-5-14-6-4-9/h1-7H,(H,14,15)(H,16,17). The monoisotopic (exact) mass is 232 g/mol. The average molecular weight is 232 g/mol. The first-order valence-electron chi connectivity index (χ1n) is 4.87. The lowest BCUT2D eigenvalue weighted by Gasteiger charge is -2.07. The van der Waals surface area contributed by atoms with Gasteiger partial charge in [-0.3, -0.25) is 4.98 Å². The molecule has 4 nitrogen and oxygen atoms in total. The maximum Gasteiger partial charge on any atom is 0.335 e. The molecule has 0 radical (unpaired) electrons. The second-order valence-corrected chi connectivity index (χ2v) is 3.36. The lowest BCUT2D eigenvalue weighted by Crippen LogP contribution is -2.00. The Hall–Kier alpha value is -2.43. The summed E-state index contributed by atoms with van der Waals surface area (Å²) in [6, 6.07) is 6.90. The molecule has 2 aromatic rings. The fraction of sp³-hybridized carbons (Fsp3) is 0. The molecular weight excluding hydrogens is 223 g/mol. The highest BCUT2D eigenvalue weighted by atomic mass is 19.1. The third-order valence-corrected chi connectivity index (χ3v) is 2.17. The minimum atomic E-state index is -1.09. The van der Waals surface area contributed by atoms with E-state index in [1.54, 1.807) is 24.5 Å². The molecule has 0 aliphatic carbocycles. The zero-order chi connectivity index (χ0) is 12.3. The first kappa shape index (κ1) is 11.1. The van der Waals surface area contributed by atoms with Crippen LogP contribution in [0.15, 0.2) is 42.7 Å². The molecule has 86 valence electrons. The first-order valence-corrected chi connectivity index (χ1v) is 4.87. The highest BCUT2D eigenvalue weighted by Crippen LogP contribution is 2.20. The number of nitrogens with zero attached hydrogens (tertiary/aromatic N) is 1. The van der Waals surface area contributed by atoms with E-state index in [0.29, 0.717) is 5.69 Å². The van der Waals surface area contributed by atoms with E-state index < -0.39 is 11.8 Å². The van der Waals surface area contributed by atoms with Crippen molar-refractivity contribution in [3.63, 3.8) is 0 Å². The molecule has 0 spiro atoms. The van der Waals surface area contributed by atoms with Crippen LogP contribution < -0.4 is 5.32 Å². The summed E-state index contributed by atoms with van der Waals surface area (Å²) in [5.74, 6) is -1.60. The van der Waals surface area contributed by atoms with Crippen molar-refractivity contribution in [2.75, 3.05) is 5.32 Å². The fourth-order valence-electron chi connectivity index (χ4n) is 1.34. The van der Waals surface area contributed by atoms with E-state index >= 15 is 0 Å². The minimum absolute atomic E-state index is 0.0305. The Bertz CT molecular complexity index is 543. The molecule has 1 aromatic heterocycles. The number of benzene rings is 1. The van der Waals surface area contributed by atoms with Gasteiger partial charge in [0.25, 0.3) is 0 Å². The molecule has 0 bridgehead atoms.